The number of nitrogens with zero attached hydrogens (tertiary/aromatic N) is 4. The molecule has 28 heavy (non-hydrogen) atoms. The van der Waals surface area contributed by atoms with Crippen LogP contribution in [0.25, 0.3) is 11.4 Å². The van der Waals surface area contributed by atoms with Gasteiger partial charge in [-0.3, -0.25) is 14.3 Å². The first kappa shape index (κ1) is 20.0. The standard InChI is InChI=1S/C22H24N4OS/c1-6-11-26-21(18-7-9-23-10-8-18)24-25-22(26)28-13-20(27)19-12-14(2)15(3)16(4)17(19)5/h6-10,12H,1,11,13H2,2-5H3. The summed E-state index contributed by atoms with van der Waals surface area (Å²) in [6.07, 6.45) is 5.25. The molecule has 2 heterocycles. The molecular formula is C22H24N4OS. The van der Waals surface area contributed by atoms with Crippen LogP contribution in [-0.4, -0.2) is 31.3 Å². The van der Waals surface area contributed by atoms with Crippen molar-refractivity contribution >= 4 is 17.5 Å². The number of rotatable bonds is 7. The Morgan fingerprint density at radius 1 is 1.11 bits per heavy atom. The second-order valence-corrected chi connectivity index (χ2v) is 7.71. The molecule has 0 aliphatic rings. The molecular weight excluding hydrogens is 368 g/mol. The van der Waals surface area contributed by atoms with Crippen LogP contribution in [0.4, 0.5) is 0 Å². The third-order valence-corrected chi connectivity index (χ3v) is 6.05. The van der Waals surface area contributed by atoms with Gasteiger partial charge in [-0.25, -0.2) is 0 Å². The van der Waals surface area contributed by atoms with Gasteiger partial charge in [-0.1, -0.05) is 17.8 Å². The number of ketones is 1. The predicted octanol–water partition coefficient (Wildman–Crippen LogP) is 4.73. The maximum atomic E-state index is 12.9. The number of pyridine rings is 1. The van der Waals surface area contributed by atoms with Gasteiger partial charge in [-0.15, -0.1) is 16.8 Å². The Bertz CT molecular complexity index is 1020. The highest BCUT2D eigenvalue weighted by Gasteiger charge is 2.18. The first-order valence-corrected chi connectivity index (χ1v) is 10.1. The molecule has 0 saturated carbocycles. The van der Waals surface area contributed by atoms with Gasteiger partial charge in [0.25, 0.3) is 0 Å². The predicted molar refractivity (Wildman–Crippen MR) is 114 cm³/mol. The van der Waals surface area contributed by atoms with E-state index in [0.29, 0.717) is 17.5 Å². The molecule has 0 bridgehead atoms. The monoisotopic (exact) mass is 392 g/mol. The number of thioether (sulfide) groups is 1. The SMILES string of the molecule is C=CCn1c(SCC(=O)c2cc(C)c(C)c(C)c2C)nnc1-c1ccncc1. The number of allylic oxidation sites excluding steroid dienone is 1. The van der Waals surface area contributed by atoms with Crippen molar-refractivity contribution in [2.45, 2.75) is 39.4 Å². The van der Waals surface area contributed by atoms with Gasteiger partial charge in [0.15, 0.2) is 16.8 Å². The smallest absolute Gasteiger partial charge is 0.192 e. The van der Waals surface area contributed by atoms with E-state index < -0.39 is 0 Å². The average molecular weight is 393 g/mol. The molecule has 6 heteroatoms. The Hall–Kier alpha value is -2.73. The molecule has 0 amide bonds. The Labute approximate surface area is 169 Å². The highest BCUT2D eigenvalue weighted by atomic mass is 32.2. The summed E-state index contributed by atoms with van der Waals surface area (Å²) in [7, 11) is 0. The lowest BCUT2D eigenvalue weighted by molar-refractivity contribution is 0.102. The topological polar surface area (TPSA) is 60.7 Å². The zero-order valence-electron chi connectivity index (χ0n) is 16.7. The normalized spacial score (nSPS) is 10.9. The maximum absolute atomic E-state index is 12.9. The molecule has 0 aliphatic carbocycles. The average Bonchev–Trinajstić information content (AvgIpc) is 3.11. The van der Waals surface area contributed by atoms with Crippen molar-refractivity contribution in [2.75, 3.05) is 5.75 Å². The summed E-state index contributed by atoms with van der Waals surface area (Å²) in [5.41, 5.74) is 6.35. The fourth-order valence-corrected chi connectivity index (χ4v) is 3.94. The van der Waals surface area contributed by atoms with Crippen molar-refractivity contribution < 1.29 is 4.79 Å². The number of Topliss-reactive ketones (excluding diaryl/α,β-unsaturated/α-hetero) is 1. The Morgan fingerprint density at radius 2 is 1.82 bits per heavy atom. The number of aromatic nitrogens is 4. The lowest BCUT2D eigenvalue weighted by Crippen LogP contribution is -2.09. The molecule has 3 aromatic rings. The van der Waals surface area contributed by atoms with Crippen LogP contribution in [0.5, 0.6) is 0 Å². The van der Waals surface area contributed by atoms with Gasteiger partial charge in [-0.2, -0.15) is 0 Å². The van der Waals surface area contributed by atoms with Gasteiger partial charge in [-0.05, 0) is 68.1 Å². The van der Waals surface area contributed by atoms with E-state index in [4.69, 9.17) is 0 Å². The van der Waals surface area contributed by atoms with E-state index in [9.17, 15) is 4.79 Å². The molecule has 1 aromatic carbocycles. The summed E-state index contributed by atoms with van der Waals surface area (Å²) in [6, 6.07) is 5.78. The van der Waals surface area contributed by atoms with E-state index >= 15 is 0 Å². The van der Waals surface area contributed by atoms with E-state index in [1.54, 1.807) is 18.5 Å². The zero-order valence-corrected chi connectivity index (χ0v) is 17.5. The number of hydrogen-bond donors (Lipinski definition) is 0. The van der Waals surface area contributed by atoms with Crippen molar-refractivity contribution in [1.82, 2.24) is 19.7 Å². The molecule has 0 spiro atoms. The molecule has 0 radical (unpaired) electrons. The minimum Gasteiger partial charge on any atom is -0.298 e. The van der Waals surface area contributed by atoms with Gasteiger partial charge < -0.3 is 0 Å². The van der Waals surface area contributed by atoms with Crippen LogP contribution in [0.2, 0.25) is 0 Å². The summed E-state index contributed by atoms with van der Waals surface area (Å²) in [4.78, 5) is 16.9. The second-order valence-electron chi connectivity index (χ2n) is 6.77. The Kier molecular flexibility index (Phi) is 6.09. The molecule has 0 saturated heterocycles. The van der Waals surface area contributed by atoms with E-state index in [1.807, 2.05) is 36.6 Å². The summed E-state index contributed by atoms with van der Waals surface area (Å²) < 4.78 is 1.97. The Morgan fingerprint density at radius 3 is 2.50 bits per heavy atom. The van der Waals surface area contributed by atoms with Gasteiger partial charge in [0.1, 0.15) is 0 Å². The van der Waals surface area contributed by atoms with E-state index in [-0.39, 0.29) is 5.78 Å². The van der Waals surface area contributed by atoms with Crippen molar-refractivity contribution in [3.05, 3.63) is 71.1 Å². The van der Waals surface area contributed by atoms with Crippen LogP contribution < -0.4 is 0 Å². The minimum absolute atomic E-state index is 0.104. The van der Waals surface area contributed by atoms with Crippen LogP contribution >= 0.6 is 11.8 Å². The van der Waals surface area contributed by atoms with Crippen molar-refractivity contribution in [1.29, 1.82) is 0 Å². The van der Waals surface area contributed by atoms with Crippen LogP contribution in [0.15, 0.2) is 48.4 Å². The highest BCUT2D eigenvalue weighted by molar-refractivity contribution is 7.99. The first-order chi connectivity index (χ1) is 13.4. The van der Waals surface area contributed by atoms with Gasteiger partial charge >= 0.3 is 0 Å². The quantitative estimate of drug-likeness (QED) is 0.330. The molecule has 2 aromatic heterocycles. The number of carbonyl (C=O) groups is 1. The maximum Gasteiger partial charge on any atom is 0.192 e. The van der Waals surface area contributed by atoms with Crippen molar-refractivity contribution in [3.8, 4) is 11.4 Å². The fraction of sp³-hybridized carbons (Fsp3) is 0.273. The second kappa shape index (κ2) is 8.52. The number of hydrogen-bond acceptors (Lipinski definition) is 5. The lowest BCUT2D eigenvalue weighted by atomic mass is 9.93. The van der Waals surface area contributed by atoms with E-state index in [2.05, 4.69) is 35.6 Å². The van der Waals surface area contributed by atoms with Gasteiger partial charge in [0, 0.05) is 30.1 Å². The highest BCUT2D eigenvalue weighted by Crippen LogP contribution is 2.26. The first-order valence-electron chi connectivity index (χ1n) is 9.12. The summed E-state index contributed by atoms with van der Waals surface area (Å²) in [5.74, 6) is 1.16. The Balaban J connectivity index is 1.84. The molecule has 144 valence electrons. The fourth-order valence-electron chi connectivity index (χ4n) is 3.11. The van der Waals surface area contributed by atoms with Gasteiger partial charge in [0.05, 0.1) is 5.75 Å². The molecule has 0 N–H and O–H groups in total. The third-order valence-electron chi connectivity index (χ3n) is 5.08. The van der Waals surface area contributed by atoms with Crippen molar-refractivity contribution in [3.63, 3.8) is 0 Å². The van der Waals surface area contributed by atoms with Crippen molar-refractivity contribution in [2.24, 2.45) is 0 Å². The molecule has 0 fully saturated rings. The number of benzene rings is 1. The summed E-state index contributed by atoms with van der Waals surface area (Å²) >= 11 is 1.41. The lowest BCUT2D eigenvalue weighted by Gasteiger charge is -2.13. The number of carbonyl (C=O) groups excluding carboxylic acids is 1. The number of aryl methyl sites for hydroxylation is 1. The molecule has 5 nitrogen and oxygen atoms in total. The van der Waals surface area contributed by atoms with Crippen LogP contribution in [0.3, 0.4) is 0 Å². The van der Waals surface area contributed by atoms with E-state index in [1.165, 1.54) is 22.9 Å². The molecule has 0 aliphatic heterocycles. The summed E-state index contributed by atoms with van der Waals surface area (Å²) in [6.45, 7) is 12.6. The van der Waals surface area contributed by atoms with E-state index in [0.717, 1.165) is 28.1 Å². The summed E-state index contributed by atoms with van der Waals surface area (Å²) in [5, 5.41) is 9.33. The largest absolute Gasteiger partial charge is 0.298 e. The van der Waals surface area contributed by atoms with Crippen LogP contribution in [0.1, 0.15) is 32.6 Å². The molecule has 3 rings (SSSR count). The molecule has 0 unspecified atom stereocenters. The zero-order chi connectivity index (χ0) is 20.3. The minimum atomic E-state index is 0.104. The molecule has 0 atom stereocenters. The third kappa shape index (κ3) is 3.92. The van der Waals surface area contributed by atoms with Crippen LogP contribution in [0, 0.1) is 27.7 Å². The van der Waals surface area contributed by atoms with Crippen LogP contribution in [-0.2, 0) is 6.54 Å². The van der Waals surface area contributed by atoms with Gasteiger partial charge in [0.2, 0.25) is 0 Å².